The van der Waals surface area contributed by atoms with Crippen molar-refractivity contribution in [2.45, 2.75) is 6.92 Å². The summed E-state index contributed by atoms with van der Waals surface area (Å²) in [4.78, 5) is 26.0. The lowest BCUT2D eigenvalue weighted by Gasteiger charge is -2.13. The molecular formula is C19H12ClNO2S. The van der Waals surface area contributed by atoms with Crippen molar-refractivity contribution in [3.05, 3.63) is 74.7 Å². The van der Waals surface area contributed by atoms with E-state index in [2.05, 4.69) is 0 Å². The quantitative estimate of drug-likeness (QED) is 0.472. The molecule has 118 valence electrons. The van der Waals surface area contributed by atoms with Gasteiger partial charge in [0.25, 0.3) is 0 Å². The Morgan fingerprint density at radius 3 is 2.50 bits per heavy atom. The normalized spacial score (nSPS) is 11.2. The maximum absolute atomic E-state index is 12.9. The summed E-state index contributed by atoms with van der Waals surface area (Å²) in [7, 11) is 0. The highest BCUT2D eigenvalue weighted by atomic mass is 35.5. The standard InChI is InChI=1S/C19H12ClNO2S/c1-11(22)17-10-15-18(23)14-9-12(20)7-8-16(14)21(19(15)24-17)13-5-3-2-4-6-13/h2-10H,1H3. The third kappa shape index (κ3) is 2.27. The zero-order valence-corrected chi connectivity index (χ0v) is 14.3. The second-order valence-corrected chi connectivity index (χ2v) is 7.01. The number of hydrogen-bond donors (Lipinski definition) is 0. The number of pyridine rings is 1. The molecule has 0 aliphatic carbocycles. The van der Waals surface area contributed by atoms with Gasteiger partial charge in [0.1, 0.15) is 4.83 Å². The minimum absolute atomic E-state index is 0.0442. The summed E-state index contributed by atoms with van der Waals surface area (Å²) in [5, 5.41) is 1.61. The van der Waals surface area contributed by atoms with Gasteiger partial charge in [0.2, 0.25) is 0 Å². The highest BCUT2D eigenvalue weighted by Gasteiger charge is 2.17. The van der Waals surface area contributed by atoms with Crippen LogP contribution in [0.3, 0.4) is 0 Å². The van der Waals surface area contributed by atoms with Crippen molar-refractivity contribution in [2.75, 3.05) is 0 Å². The average molecular weight is 354 g/mol. The van der Waals surface area contributed by atoms with Gasteiger partial charge in [-0.3, -0.25) is 9.59 Å². The Kier molecular flexibility index (Phi) is 3.52. The van der Waals surface area contributed by atoms with E-state index in [0.717, 1.165) is 16.0 Å². The summed E-state index contributed by atoms with van der Waals surface area (Å²) >= 11 is 7.44. The van der Waals surface area contributed by atoms with Crippen molar-refractivity contribution in [1.29, 1.82) is 0 Å². The SMILES string of the molecule is CC(=O)c1cc2c(=O)c3cc(Cl)ccc3n(-c3ccccc3)c2s1. The van der Waals surface area contributed by atoms with Gasteiger partial charge in [0, 0.05) is 16.1 Å². The lowest BCUT2D eigenvalue weighted by atomic mass is 10.1. The Morgan fingerprint density at radius 1 is 1.04 bits per heavy atom. The molecule has 0 fully saturated rings. The van der Waals surface area contributed by atoms with Crippen molar-refractivity contribution < 1.29 is 4.79 Å². The predicted molar refractivity (Wildman–Crippen MR) is 99.9 cm³/mol. The molecule has 2 aromatic heterocycles. The molecule has 3 nitrogen and oxygen atoms in total. The van der Waals surface area contributed by atoms with Crippen LogP contribution in [0.4, 0.5) is 0 Å². The summed E-state index contributed by atoms with van der Waals surface area (Å²) in [6, 6.07) is 16.8. The molecule has 0 unspecified atom stereocenters. The Morgan fingerprint density at radius 2 is 1.79 bits per heavy atom. The van der Waals surface area contributed by atoms with E-state index in [1.165, 1.54) is 18.3 Å². The number of aromatic nitrogens is 1. The minimum atomic E-state index is -0.0987. The van der Waals surface area contributed by atoms with E-state index < -0.39 is 0 Å². The van der Waals surface area contributed by atoms with Crippen molar-refractivity contribution in [3.8, 4) is 5.69 Å². The molecule has 0 aliphatic heterocycles. The maximum atomic E-state index is 12.9. The summed E-state index contributed by atoms with van der Waals surface area (Å²) in [5.74, 6) is -0.0442. The van der Waals surface area contributed by atoms with Gasteiger partial charge in [-0.1, -0.05) is 29.8 Å². The number of halogens is 1. The Labute approximate surface area is 146 Å². The number of fused-ring (bicyclic) bond motifs is 2. The monoisotopic (exact) mass is 353 g/mol. The Bertz CT molecular complexity index is 1160. The van der Waals surface area contributed by atoms with E-state index in [1.807, 2.05) is 41.0 Å². The van der Waals surface area contributed by atoms with Gasteiger partial charge < -0.3 is 4.57 Å². The van der Waals surface area contributed by atoms with Crippen LogP contribution < -0.4 is 5.43 Å². The van der Waals surface area contributed by atoms with Crippen LogP contribution in [0.2, 0.25) is 5.02 Å². The van der Waals surface area contributed by atoms with Crippen LogP contribution in [0, 0.1) is 0 Å². The predicted octanol–water partition coefficient (Wildman–Crippen LogP) is 5.06. The minimum Gasteiger partial charge on any atom is -0.301 e. The van der Waals surface area contributed by atoms with Crippen LogP contribution in [0.25, 0.3) is 26.8 Å². The molecule has 2 aromatic carbocycles. The first-order valence-electron chi connectivity index (χ1n) is 7.40. The van der Waals surface area contributed by atoms with E-state index in [-0.39, 0.29) is 11.2 Å². The fraction of sp³-hybridized carbons (Fsp3) is 0.0526. The second-order valence-electron chi connectivity index (χ2n) is 5.55. The van der Waals surface area contributed by atoms with E-state index in [0.29, 0.717) is 20.7 Å². The number of rotatable bonds is 2. The number of Topliss-reactive ketones (excluding diaryl/α,β-unsaturated/α-hetero) is 1. The van der Waals surface area contributed by atoms with Crippen LogP contribution in [0.1, 0.15) is 16.6 Å². The van der Waals surface area contributed by atoms with Gasteiger partial charge in [-0.25, -0.2) is 0 Å². The molecule has 0 amide bonds. The van der Waals surface area contributed by atoms with E-state index in [9.17, 15) is 9.59 Å². The third-order valence-corrected chi connectivity index (χ3v) is 5.42. The first kappa shape index (κ1) is 15.1. The van der Waals surface area contributed by atoms with Gasteiger partial charge in [-0.15, -0.1) is 11.3 Å². The first-order valence-corrected chi connectivity index (χ1v) is 8.60. The molecule has 24 heavy (non-hydrogen) atoms. The maximum Gasteiger partial charge on any atom is 0.198 e. The van der Waals surface area contributed by atoms with Gasteiger partial charge in [-0.2, -0.15) is 0 Å². The largest absolute Gasteiger partial charge is 0.301 e. The van der Waals surface area contributed by atoms with Gasteiger partial charge in [-0.05, 0) is 43.3 Å². The topological polar surface area (TPSA) is 39.1 Å². The summed E-state index contributed by atoms with van der Waals surface area (Å²) in [6.07, 6.45) is 0. The van der Waals surface area contributed by atoms with Crippen LogP contribution in [0.5, 0.6) is 0 Å². The summed E-state index contributed by atoms with van der Waals surface area (Å²) in [5.41, 5.74) is 1.62. The van der Waals surface area contributed by atoms with Crippen molar-refractivity contribution >= 4 is 49.8 Å². The van der Waals surface area contributed by atoms with Gasteiger partial charge >= 0.3 is 0 Å². The molecule has 0 radical (unpaired) electrons. The number of para-hydroxylation sites is 1. The molecule has 0 bridgehead atoms. The molecule has 0 saturated carbocycles. The molecule has 4 aromatic rings. The lowest BCUT2D eigenvalue weighted by molar-refractivity contribution is 0.102. The van der Waals surface area contributed by atoms with E-state index in [4.69, 9.17) is 11.6 Å². The molecule has 5 heteroatoms. The third-order valence-electron chi connectivity index (χ3n) is 3.97. The number of hydrogen-bond acceptors (Lipinski definition) is 3. The van der Waals surface area contributed by atoms with Gasteiger partial charge in [0.05, 0.1) is 15.8 Å². The Balaban J connectivity index is 2.26. The van der Waals surface area contributed by atoms with Crippen LogP contribution in [0.15, 0.2) is 59.4 Å². The number of nitrogens with zero attached hydrogens (tertiary/aromatic N) is 1. The lowest BCUT2D eigenvalue weighted by Crippen LogP contribution is -2.08. The number of carbonyl (C=O) groups excluding carboxylic acids is 1. The number of carbonyl (C=O) groups is 1. The molecule has 2 heterocycles. The fourth-order valence-electron chi connectivity index (χ4n) is 2.86. The zero-order chi connectivity index (χ0) is 16.8. The number of thiophene rings is 1. The van der Waals surface area contributed by atoms with E-state index in [1.54, 1.807) is 18.2 Å². The van der Waals surface area contributed by atoms with Crippen LogP contribution in [-0.2, 0) is 0 Å². The Hall–Kier alpha value is -2.43. The molecule has 4 rings (SSSR count). The van der Waals surface area contributed by atoms with Crippen molar-refractivity contribution in [1.82, 2.24) is 4.57 Å². The smallest absolute Gasteiger partial charge is 0.198 e. The van der Waals surface area contributed by atoms with Crippen molar-refractivity contribution in [3.63, 3.8) is 0 Å². The molecule has 0 N–H and O–H groups in total. The molecule has 0 saturated heterocycles. The molecular weight excluding hydrogens is 342 g/mol. The molecule has 0 spiro atoms. The average Bonchev–Trinajstić information content (AvgIpc) is 3.02. The van der Waals surface area contributed by atoms with Gasteiger partial charge in [0.15, 0.2) is 11.2 Å². The van der Waals surface area contributed by atoms with Crippen molar-refractivity contribution in [2.24, 2.45) is 0 Å². The fourth-order valence-corrected chi connectivity index (χ4v) is 4.11. The number of benzene rings is 2. The number of ketones is 1. The van der Waals surface area contributed by atoms with E-state index >= 15 is 0 Å². The highest BCUT2D eigenvalue weighted by molar-refractivity contribution is 7.20. The zero-order valence-electron chi connectivity index (χ0n) is 12.7. The van der Waals surface area contributed by atoms with Crippen LogP contribution >= 0.6 is 22.9 Å². The second kappa shape index (κ2) is 5.58. The first-order chi connectivity index (χ1) is 11.6. The summed E-state index contributed by atoms with van der Waals surface area (Å²) in [6.45, 7) is 1.51. The highest BCUT2D eigenvalue weighted by Crippen LogP contribution is 2.31. The molecule has 0 aliphatic rings. The summed E-state index contributed by atoms with van der Waals surface area (Å²) < 4.78 is 2.01. The van der Waals surface area contributed by atoms with Crippen LogP contribution in [-0.4, -0.2) is 10.4 Å². The molecule has 0 atom stereocenters.